The van der Waals surface area contributed by atoms with Gasteiger partial charge in [0.1, 0.15) is 17.6 Å². The molecule has 0 aliphatic heterocycles. The monoisotopic (exact) mass is 292 g/mol. The van der Waals surface area contributed by atoms with E-state index in [2.05, 4.69) is 10.3 Å². The summed E-state index contributed by atoms with van der Waals surface area (Å²) in [7, 11) is 0. The minimum absolute atomic E-state index is 0.214. The van der Waals surface area contributed by atoms with Crippen LogP contribution in [0.4, 0.5) is 4.39 Å². The van der Waals surface area contributed by atoms with Crippen LogP contribution < -0.4 is 5.32 Å². The number of hydrogen-bond acceptors (Lipinski definition) is 2. The highest BCUT2D eigenvalue weighted by Gasteiger charge is 2.24. The first kappa shape index (κ1) is 15.0. The summed E-state index contributed by atoms with van der Waals surface area (Å²) in [5.74, 6) is -2.24. The largest absolute Gasteiger partial charge is 0.480 e. The van der Waals surface area contributed by atoms with E-state index in [9.17, 15) is 14.0 Å². The number of rotatable bonds is 4. The topological polar surface area (TPSA) is 82.2 Å². The molecule has 0 aliphatic carbocycles. The summed E-state index contributed by atoms with van der Waals surface area (Å²) in [4.78, 5) is 26.0. The average Bonchev–Trinajstić information content (AvgIpc) is 2.78. The predicted molar refractivity (Wildman–Crippen MR) is 76.7 cm³/mol. The summed E-state index contributed by atoms with van der Waals surface area (Å²) in [5.41, 5.74) is 1.43. The SMILES string of the molecule is Cc1cc(F)cc2[nH]c(C(=O)NC(C(=O)O)C(C)C)cc12. The number of carbonyl (C=O) groups excluding carboxylic acids is 1. The average molecular weight is 292 g/mol. The molecule has 5 nitrogen and oxygen atoms in total. The standard InChI is InChI=1S/C15H17FN2O3/c1-7(2)13(15(20)21)18-14(19)12-6-10-8(3)4-9(16)5-11(10)17-12/h4-7,13,17H,1-3H3,(H,18,19)(H,20,21). The second-order valence-electron chi connectivity index (χ2n) is 5.40. The van der Waals surface area contributed by atoms with Gasteiger partial charge in [-0.15, -0.1) is 0 Å². The fraction of sp³-hybridized carbons (Fsp3) is 0.333. The number of halogens is 1. The first-order chi connectivity index (χ1) is 9.79. The van der Waals surface area contributed by atoms with Crippen molar-refractivity contribution in [3.8, 4) is 0 Å². The highest BCUT2D eigenvalue weighted by molar-refractivity contribution is 6.00. The highest BCUT2D eigenvalue weighted by Crippen LogP contribution is 2.21. The van der Waals surface area contributed by atoms with E-state index < -0.39 is 17.9 Å². The molecular formula is C15H17FN2O3. The van der Waals surface area contributed by atoms with E-state index >= 15 is 0 Å². The molecule has 0 fully saturated rings. The zero-order chi connectivity index (χ0) is 15.7. The van der Waals surface area contributed by atoms with Crippen molar-refractivity contribution in [2.45, 2.75) is 26.8 Å². The number of H-pyrrole nitrogens is 1. The molecule has 1 amide bonds. The Morgan fingerprint density at radius 2 is 1.95 bits per heavy atom. The molecular weight excluding hydrogens is 275 g/mol. The molecule has 0 aliphatic rings. The molecule has 1 aromatic carbocycles. The van der Waals surface area contributed by atoms with Gasteiger partial charge < -0.3 is 15.4 Å². The van der Waals surface area contributed by atoms with Gasteiger partial charge in [-0.2, -0.15) is 0 Å². The molecule has 0 saturated heterocycles. The van der Waals surface area contributed by atoms with E-state index in [1.807, 2.05) is 0 Å². The molecule has 3 N–H and O–H groups in total. The molecule has 1 heterocycles. The van der Waals surface area contributed by atoms with Crippen molar-refractivity contribution in [2.24, 2.45) is 5.92 Å². The molecule has 0 spiro atoms. The van der Waals surface area contributed by atoms with Crippen molar-refractivity contribution in [2.75, 3.05) is 0 Å². The number of carboxylic acid groups (broad SMARTS) is 1. The second-order valence-corrected chi connectivity index (χ2v) is 5.40. The lowest BCUT2D eigenvalue weighted by atomic mass is 10.0. The number of aromatic nitrogens is 1. The van der Waals surface area contributed by atoms with Gasteiger partial charge in [-0.1, -0.05) is 13.8 Å². The number of nitrogens with one attached hydrogen (secondary N) is 2. The van der Waals surface area contributed by atoms with Gasteiger partial charge in [0.15, 0.2) is 0 Å². The first-order valence-corrected chi connectivity index (χ1v) is 6.62. The Morgan fingerprint density at radius 1 is 1.29 bits per heavy atom. The number of fused-ring (bicyclic) bond motifs is 1. The molecule has 0 saturated carbocycles. The quantitative estimate of drug-likeness (QED) is 0.809. The molecule has 1 atom stereocenters. The van der Waals surface area contributed by atoms with Crippen LogP contribution in [0.1, 0.15) is 29.9 Å². The summed E-state index contributed by atoms with van der Waals surface area (Å²) in [6.45, 7) is 5.17. The van der Waals surface area contributed by atoms with Gasteiger partial charge in [0.25, 0.3) is 5.91 Å². The maximum Gasteiger partial charge on any atom is 0.326 e. The number of aryl methyl sites for hydroxylation is 1. The van der Waals surface area contributed by atoms with Crippen molar-refractivity contribution in [3.63, 3.8) is 0 Å². The smallest absolute Gasteiger partial charge is 0.326 e. The molecule has 0 radical (unpaired) electrons. The Morgan fingerprint density at radius 3 is 2.52 bits per heavy atom. The van der Waals surface area contributed by atoms with E-state index in [4.69, 9.17) is 5.11 Å². The second kappa shape index (κ2) is 5.55. The Kier molecular flexibility index (Phi) is 3.97. The summed E-state index contributed by atoms with van der Waals surface area (Å²) in [5, 5.41) is 12.3. The van der Waals surface area contributed by atoms with E-state index in [1.165, 1.54) is 12.1 Å². The first-order valence-electron chi connectivity index (χ1n) is 6.62. The van der Waals surface area contributed by atoms with Gasteiger partial charge in [0.2, 0.25) is 0 Å². The fourth-order valence-electron chi connectivity index (χ4n) is 2.23. The van der Waals surface area contributed by atoms with Crippen molar-refractivity contribution in [3.05, 3.63) is 35.3 Å². The maximum atomic E-state index is 13.3. The summed E-state index contributed by atoms with van der Waals surface area (Å²) in [6, 6.07) is 3.31. The number of aromatic amines is 1. The minimum Gasteiger partial charge on any atom is -0.480 e. The summed E-state index contributed by atoms with van der Waals surface area (Å²) >= 11 is 0. The van der Waals surface area contributed by atoms with Gasteiger partial charge in [-0.25, -0.2) is 9.18 Å². The van der Waals surface area contributed by atoms with Gasteiger partial charge >= 0.3 is 5.97 Å². The Hall–Kier alpha value is -2.37. The lowest BCUT2D eigenvalue weighted by Gasteiger charge is -2.17. The molecule has 21 heavy (non-hydrogen) atoms. The number of carbonyl (C=O) groups is 2. The van der Waals surface area contributed by atoms with E-state index in [0.29, 0.717) is 11.1 Å². The number of benzene rings is 1. The minimum atomic E-state index is -1.09. The molecule has 2 aromatic rings. The van der Waals surface area contributed by atoms with Crippen molar-refractivity contribution in [1.82, 2.24) is 10.3 Å². The molecule has 112 valence electrons. The third kappa shape index (κ3) is 3.04. The van der Waals surface area contributed by atoms with Crippen molar-refractivity contribution >= 4 is 22.8 Å². The normalized spacial score (nSPS) is 12.6. The van der Waals surface area contributed by atoms with Gasteiger partial charge in [-0.05, 0) is 36.6 Å². The van der Waals surface area contributed by atoms with Crippen LogP contribution in [0, 0.1) is 18.7 Å². The predicted octanol–water partition coefficient (Wildman–Crippen LogP) is 2.45. The maximum absolute atomic E-state index is 13.3. The van der Waals surface area contributed by atoms with Crippen LogP contribution in [0.5, 0.6) is 0 Å². The third-order valence-electron chi connectivity index (χ3n) is 3.37. The van der Waals surface area contributed by atoms with Crippen LogP contribution in [0.3, 0.4) is 0 Å². The Labute approximate surface area is 121 Å². The number of amides is 1. The van der Waals surface area contributed by atoms with E-state index in [1.54, 1.807) is 26.8 Å². The van der Waals surface area contributed by atoms with Gasteiger partial charge in [0, 0.05) is 10.9 Å². The molecule has 0 bridgehead atoms. The van der Waals surface area contributed by atoms with Crippen LogP contribution in [0.15, 0.2) is 18.2 Å². The lowest BCUT2D eigenvalue weighted by Crippen LogP contribution is -2.44. The van der Waals surface area contributed by atoms with E-state index in [0.717, 1.165) is 5.39 Å². The van der Waals surface area contributed by atoms with E-state index in [-0.39, 0.29) is 17.4 Å². The molecule has 2 rings (SSSR count). The zero-order valence-electron chi connectivity index (χ0n) is 12.0. The fourth-order valence-corrected chi connectivity index (χ4v) is 2.23. The van der Waals surface area contributed by atoms with Crippen LogP contribution in [0.25, 0.3) is 10.9 Å². The zero-order valence-corrected chi connectivity index (χ0v) is 12.0. The van der Waals surface area contributed by atoms with Crippen LogP contribution in [-0.4, -0.2) is 28.0 Å². The highest BCUT2D eigenvalue weighted by atomic mass is 19.1. The lowest BCUT2D eigenvalue weighted by molar-refractivity contribution is -0.140. The van der Waals surface area contributed by atoms with Crippen molar-refractivity contribution < 1.29 is 19.1 Å². The summed E-state index contributed by atoms with van der Waals surface area (Å²) < 4.78 is 13.3. The van der Waals surface area contributed by atoms with Crippen molar-refractivity contribution in [1.29, 1.82) is 0 Å². The van der Waals surface area contributed by atoms with Crippen LogP contribution in [0.2, 0.25) is 0 Å². The van der Waals surface area contributed by atoms with Gasteiger partial charge in [0.05, 0.1) is 0 Å². The summed E-state index contributed by atoms with van der Waals surface area (Å²) in [6.07, 6.45) is 0. The van der Waals surface area contributed by atoms with Crippen LogP contribution in [-0.2, 0) is 4.79 Å². The van der Waals surface area contributed by atoms with Crippen LogP contribution >= 0.6 is 0 Å². The number of hydrogen-bond donors (Lipinski definition) is 3. The number of carboxylic acids is 1. The molecule has 1 unspecified atom stereocenters. The molecule has 1 aromatic heterocycles. The number of aliphatic carboxylic acids is 1. The third-order valence-corrected chi connectivity index (χ3v) is 3.37. The molecule has 6 heteroatoms. The van der Waals surface area contributed by atoms with Gasteiger partial charge in [-0.3, -0.25) is 4.79 Å². The Balaban J connectivity index is 2.31. The Bertz CT molecular complexity index is 706.